The van der Waals surface area contributed by atoms with E-state index in [2.05, 4.69) is 26.2 Å². The molecule has 0 aliphatic carbocycles. The minimum atomic E-state index is -4.94. The van der Waals surface area contributed by atoms with E-state index in [1.54, 1.807) is 25.4 Å². The Balaban J connectivity index is 2.71. The predicted octanol–water partition coefficient (Wildman–Crippen LogP) is 2.56. The number of carbonyl (C=O) groups excluding carboxylic acids is 1. The van der Waals surface area contributed by atoms with Gasteiger partial charge in [-0.2, -0.15) is 13.2 Å². The maximum atomic E-state index is 12.6. The highest BCUT2D eigenvalue weighted by Crippen LogP contribution is 2.28. The van der Waals surface area contributed by atoms with Gasteiger partial charge in [-0.15, -0.1) is 0 Å². The molecule has 1 N–H and O–H groups in total. The number of imidazole rings is 1. The van der Waals surface area contributed by atoms with Gasteiger partial charge in [0.15, 0.2) is 0 Å². The molecule has 0 radical (unpaired) electrons. The second-order valence-electron chi connectivity index (χ2n) is 3.81. The first-order valence-electron chi connectivity index (χ1n) is 5.28. The van der Waals surface area contributed by atoms with Crippen LogP contribution in [0.4, 0.5) is 13.2 Å². The summed E-state index contributed by atoms with van der Waals surface area (Å²) >= 11 is 3.15. The lowest BCUT2D eigenvalue weighted by atomic mass is 10.2. The number of aromatic nitrogens is 2. The van der Waals surface area contributed by atoms with E-state index in [0.29, 0.717) is 10.3 Å². The second-order valence-corrected chi connectivity index (χ2v) is 4.66. The number of ketones is 1. The molecule has 2 aromatic rings. The summed E-state index contributed by atoms with van der Waals surface area (Å²) in [4.78, 5) is 15.2. The number of halogens is 4. The van der Waals surface area contributed by atoms with E-state index in [0.717, 1.165) is 0 Å². The third-order valence-electron chi connectivity index (χ3n) is 2.50. The standard InChI is InChI=1S/C11H9BrF3N3O/c1-16-5-7-17-8(10(19)11(13,14)15)9-6(12)3-2-4-18(7)9/h2-4,16H,5H2,1H3. The first-order chi connectivity index (χ1) is 8.86. The van der Waals surface area contributed by atoms with E-state index in [9.17, 15) is 18.0 Å². The minimum absolute atomic E-state index is 0.120. The lowest BCUT2D eigenvalue weighted by Gasteiger charge is -2.03. The smallest absolute Gasteiger partial charge is 0.313 e. The van der Waals surface area contributed by atoms with Crippen LogP contribution in [0.5, 0.6) is 0 Å². The van der Waals surface area contributed by atoms with Gasteiger partial charge in [-0.25, -0.2) is 4.98 Å². The summed E-state index contributed by atoms with van der Waals surface area (Å²) in [6.07, 6.45) is -3.38. The molecule has 0 aliphatic heterocycles. The average Bonchev–Trinajstić information content (AvgIpc) is 2.68. The lowest BCUT2D eigenvalue weighted by Crippen LogP contribution is -2.23. The van der Waals surface area contributed by atoms with Crippen LogP contribution in [-0.4, -0.2) is 28.4 Å². The fraction of sp³-hybridized carbons (Fsp3) is 0.273. The van der Waals surface area contributed by atoms with Crippen molar-refractivity contribution < 1.29 is 18.0 Å². The van der Waals surface area contributed by atoms with E-state index in [1.165, 1.54) is 4.40 Å². The zero-order valence-corrected chi connectivity index (χ0v) is 11.3. The Morgan fingerprint density at radius 2 is 2.21 bits per heavy atom. The van der Waals surface area contributed by atoms with Gasteiger partial charge in [0.05, 0.1) is 12.1 Å². The normalized spacial score (nSPS) is 12.1. The summed E-state index contributed by atoms with van der Waals surface area (Å²) in [6, 6.07) is 3.22. The number of hydrogen-bond donors (Lipinski definition) is 1. The highest BCUT2D eigenvalue weighted by atomic mass is 79.9. The Bertz CT molecular complexity index is 636. The fourth-order valence-corrected chi connectivity index (χ4v) is 2.27. The molecule has 2 heterocycles. The zero-order chi connectivity index (χ0) is 14.2. The number of fused-ring (bicyclic) bond motifs is 1. The van der Waals surface area contributed by atoms with E-state index >= 15 is 0 Å². The summed E-state index contributed by atoms with van der Waals surface area (Å²) in [5, 5.41) is 2.80. The molecule has 0 saturated heterocycles. The molecule has 19 heavy (non-hydrogen) atoms. The summed E-state index contributed by atoms with van der Waals surface area (Å²) in [7, 11) is 1.64. The molecule has 0 bridgehead atoms. The van der Waals surface area contributed by atoms with Crippen molar-refractivity contribution in [2.24, 2.45) is 0 Å². The van der Waals surface area contributed by atoms with Gasteiger partial charge in [-0.1, -0.05) is 0 Å². The van der Waals surface area contributed by atoms with Gasteiger partial charge in [0, 0.05) is 10.7 Å². The molecular weight excluding hydrogens is 327 g/mol. The fourth-order valence-electron chi connectivity index (χ4n) is 1.74. The number of carbonyl (C=O) groups is 1. The molecule has 0 amide bonds. The zero-order valence-electron chi connectivity index (χ0n) is 9.75. The van der Waals surface area contributed by atoms with Gasteiger partial charge in [0.25, 0.3) is 5.78 Å². The van der Waals surface area contributed by atoms with Crippen LogP contribution in [0.15, 0.2) is 22.8 Å². The highest BCUT2D eigenvalue weighted by Gasteiger charge is 2.42. The van der Waals surface area contributed by atoms with Gasteiger partial charge in [-0.05, 0) is 35.1 Å². The minimum Gasteiger partial charge on any atom is -0.313 e. The number of nitrogens with zero attached hydrogens (tertiary/aromatic N) is 2. The first-order valence-corrected chi connectivity index (χ1v) is 6.07. The quantitative estimate of drug-likeness (QED) is 0.877. The van der Waals surface area contributed by atoms with E-state index < -0.39 is 17.7 Å². The Labute approximate surface area is 114 Å². The van der Waals surface area contributed by atoms with Crippen molar-refractivity contribution in [1.29, 1.82) is 0 Å². The molecule has 0 aromatic carbocycles. The molecular formula is C11H9BrF3N3O. The SMILES string of the molecule is CNCc1nc(C(=O)C(F)(F)F)c2c(Br)cccn12. The third-order valence-corrected chi connectivity index (χ3v) is 3.14. The Morgan fingerprint density at radius 1 is 1.53 bits per heavy atom. The van der Waals surface area contributed by atoms with Crippen LogP contribution in [0.2, 0.25) is 0 Å². The monoisotopic (exact) mass is 335 g/mol. The Hall–Kier alpha value is -1.41. The molecule has 0 spiro atoms. The van der Waals surface area contributed by atoms with Crippen molar-refractivity contribution >= 4 is 27.2 Å². The van der Waals surface area contributed by atoms with Crippen LogP contribution in [0.3, 0.4) is 0 Å². The van der Waals surface area contributed by atoms with Crippen molar-refractivity contribution in [3.63, 3.8) is 0 Å². The highest BCUT2D eigenvalue weighted by molar-refractivity contribution is 9.10. The average molecular weight is 336 g/mol. The number of alkyl halides is 3. The Kier molecular flexibility index (Phi) is 3.64. The number of rotatable bonds is 3. The molecule has 0 saturated carbocycles. The van der Waals surface area contributed by atoms with Crippen LogP contribution in [0.1, 0.15) is 16.3 Å². The van der Waals surface area contributed by atoms with Crippen LogP contribution in [0, 0.1) is 0 Å². The molecule has 0 atom stereocenters. The van der Waals surface area contributed by atoms with Crippen molar-refractivity contribution in [3.8, 4) is 0 Å². The van der Waals surface area contributed by atoms with E-state index in [1.807, 2.05) is 0 Å². The largest absolute Gasteiger partial charge is 0.456 e. The van der Waals surface area contributed by atoms with E-state index in [-0.39, 0.29) is 12.1 Å². The third kappa shape index (κ3) is 2.50. The number of Topliss-reactive ketones (excluding diaryl/α,β-unsaturated/α-hetero) is 1. The maximum Gasteiger partial charge on any atom is 0.456 e. The summed E-state index contributed by atoms with van der Waals surface area (Å²) in [6.45, 7) is 0.253. The molecule has 8 heteroatoms. The molecule has 2 aromatic heterocycles. The number of nitrogens with one attached hydrogen (secondary N) is 1. The van der Waals surface area contributed by atoms with Gasteiger partial charge < -0.3 is 9.72 Å². The maximum absolute atomic E-state index is 12.6. The van der Waals surface area contributed by atoms with Crippen LogP contribution >= 0.6 is 15.9 Å². The number of pyridine rings is 1. The second kappa shape index (κ2) is 4.93. The molecule has 102 valence electrons. The molecule has 2 rings (SSSR count). The van der Waals surface area contributed by atoms with Crippen molar-refractivity contribution in [3.05, 3.63) is 34.3 Å². The van der Waals surface area contributed by atoms with Crippen molar-refractivity contribution in [2.75, 3.05) is 7.05 Å². The molecule has 4 nitrogen and oxygen atoms in total. The van der Waals surface area contributed by atoms with Gasteiger partial charge in [-0.3, -0.25) is 4.79 Å². The van der Waals surface area contributed by atoms with Gasteiger partial charge in [0.1, 0.15) is 11.5 Å². The molecule has 0 fully saturated rings. The summed E-state index contributed by atoms with van der Waals surface area (Å²) in [5.41, 5.74) is -0.472. The van der Waals surface area contributed by atoms with Crippen LogP contribution in [-0.2, 0) is 6.54 Å². The summed E-state index contributed by atoms with van der Waals surface area (Å²) < 4.78 is 39.5. The van der Waals surface area contributed by atoms with Crippen LogP contribution in [0.25, 0.3) is 5.52 Å². The van der Waals surface area contributed by atoms with Crippen molar-refractivity contribution in [2.45, 2.75) is 12.7 Å². The van der Waals surface area contributed by atoms with Crippen LogP contribution < -0.4 is 5.32 Å². The Morgan fingerprint density at radius 3 is 2.79 bits per heavy atom. The van der Waals surface area contributed by atoms with Gasteiger partial charge in [0.2, 0.25) is 0 Å². The van der Waals surface area contributed by atoms with Crippen molar-refractivity contribution in [1.82, 2.24) is 14.7 Å². The topological polar surface area (TPSA) is 46.4 Å². The predicted molar refractivity (Wildman–Crippen MR) is 66.0 cm³/mol. The molecule has 0 aliphatic rings. The number of hydrogen-bond acceptors (Lipinski definition) is 3. The lowest BCUT2D eigenvalue weighted by molar-refractivity contribution is -0.0887. The summed E-state index contributed by atoms with van der Waals surface area (Å²) in [5.74, 6) is -1.61. The molecule has 0 unspecified atom stereocenters. The van der Waals surface area contributed by atoms with Gasteiger partial charge >= 0.3 is 6.18 Å². The first kappa shape index (κ1) is 14.0. The van der Waals surface area contributed by atoms with E-state index in [4.69, 9.17) is 0 Å².